The molecular weight excluding hydrogens is 445 g/mol. The smallest absolute Gasteiger partial charge is 0.255 e. The van der Waals surface area contributed by atoms with E-state index < -0.39 is 32.2 Å². The minimum Gasteiger partial charge on any atom is -0.506 e. The van der Waals surface area contributed by atoms with Crippen molar-refractivity contribution in [2.24, 2.45) is 0 Å². The number of nitrogens with one attached hydrogen (secondary N) is 1. The number of fused-ring (bicyclic) bond motifs is 1. The molecule has 4 rings (SSSR count). The summed E-state index contributed by atoms with van der Waals surface area (Å²) in [6.45, 7) is 0.296. The van der Waals surface area contributed by atoms with Crippen molar-refractivity contribution in [1.82, 2.24) is 0 Å². The molecule has 0 aliphatic rings. The van der Waals surface area contributed by atoms with Crippen molar-refractivity contribution in [1.29, 1.82) is 0 Å². The minimum atomic E-state index is -3.80. The number of benzene rings is 4. The number of hydrogen-bond donors (Lipinski definition) is 2. The molecule has 0 saturated heterocycles. The summed E-state index contributed by atoms with van der Waals surface area (Å²) < 4.78 is 43.4. The van der Waals surface area contributed by atoms with Crippen LogP contribution in [0.2, 0.25) is 0 Å². The number of aromatic hydroxyl groups is 1. The van der Waals surface area contributed by atoms with E-state index >= 15 is 0 Å². The van der Waals surface area contributed by atoms with Crippen LogP contribution in [-0.4, -0.2) is 25.7 Å². The van der Waals surface area contributed by atoms with Gasteiger partial charge in [0, 0.05) is 17.9 Å². The Morgan fingerprint density at radius 3 is 2.36 bits per heavy atom. The number of carbonyl (C=O) groups is 1. The summed E-state index contributed by atoms with van der Waals surface area (Å²) in [7, 11) is -3.80. The molecule has 0 fully saturated rings. The third-order valence-corrected chi connectivity index (χ3v) is 6.16. The molecule has 8 heteroatoms. The van der Waals surface area contributed by atoms with E-state index in [0.717, 1.165) is 34.4 Å². The predicted molar refractivity (Wildman–Crippen MR) is 124 cm³/mol. The van der Waals surface area contributed by atoms with Gasteiger partial charge in [-0.25, -0.2) is 12.8 Å². The normalized spacial score (nSPS) is 11.3. The molecule has 1 amide bonds. The van der Waals surface area contributed by atoms with E-state index in [9.17, 15) is 22.7 Å². The van der Waals surface area contributed by atoms with Crippen LogP contribution in [0.4, 0.5) is 10.1 Å². The first-order chi connectivity index (χ1) is 15.7. The number of amides is 1. The average molecular weight is 466 g/mol. The van der Waals surface area contributed by atoms with Crippen molar-refractivity contribution in [2.75, 3.05) is 11.6 Å². The van der Waals surface area contributed by atoms with Crippen molar-refractivity contribution in [3.8, 4) is 11.5 Å². The molecule has 0 spiro atoms. The van der Waals surface area contributed by atoms with Gasteiger partial charge in [-0.1, -0.05) is 42.5 Å². The van der Waals surface area contributed by atoms with E-state index in [-0.39, 0.29) is 11.3 Å². The maximum atomic E-state index is 14.1. The van der Waals surface area contributed by atoms with Crippen LogP contribution >= 0.6 is 0 Å². The van der Waals surface area contributed by atoms with Crippen molar-refractivity contribution in [3.63, 3.8) is 0 Å². The number of hydrogen-bond acceptors (Lipinski definition) is 5. The number of phenolic OH excluding ortho intramolecular Hbond substituents is 1. The van der Waals surface area contributed by atoms with Crippen molar-refractivity contribution in [2.45, 2.75) is 11.5 Å². The summed E-state index contributed by atoms with van der Waals surface area (Å²) in [5.74, 6) is -1.57. The quantitative estimate of drug-likeness (QED) is 0.312. The molecule has 0 saturated carbocycles. The van der Waals surface area contributed by atoms with Crippen LogP contribution in [-0.2, 0) is 16.4 Å². The summed E-state index contributed by atoms with van der Waals surface area (Å²) in [6.07, 6.45) is 0.879. The van der Waals surface area contributed by atoms with Crippen molar-refractivity contribution < 1.29 is 27.4 Å². The fourth-order valence-electron chi connectivity index (χ4n) is 3.31. The van der Waals surface area contributed by atoms with Crippen molar-refractivity contribution in [3.05, 3.63) is 95.8 Å². The molecular formula is C25H20FNO5S. The lowest BCUT2D eigenvalue weighted by Gasteiger charge is -2.11. The van der Waals surface area contributed by atoms with Gasteiger partial charge in [0.25, 0.3) is 5.91 Å². The van der Waals surface area contributed by atoms with E-state index in [1.54, 1.807) is 24.3 Å². The molecule has 2 N–H and O–H groups in total. The lowest BCUT2D eigenvalue weighted by atomic mass is 10.1. The lowest BCUT2D eigenvalue weighted by Crippen LogP contribution is -2.14. The van der Waals surface area contributed by atoms with Gasteiger partial charge < -0.3 is 15.2 Å². The average Bonchev–Trinajstić information content (AvgIpc) is 2.78. The van der Waals surface area contributed by atoms with Crippen LogP contribution in [0.5, 0.6) is 11.5 Å². The van der Waals surface area contributed by atoms with Crippen LogP contribution in [0.15, 0.2) is 83.8 Å². The number of sulfone groups is 1. The predicted octanol–water partition coefficient (Wildman–Crippen LogP) is 4.92. The van der Waals surface area contributed by atoms with Gasteiger partial charge in [0.1, 0.15) is 28.8 Å². The van der Waals surface area contributed by atoms with Crippen LogP contribution in [0, 0.1) is 5.82 Å². The first kappa shape index (κ1) is 22.3. The number of phenols is 1. The zero-order valence-electron chi connectivity index (χ0n) is 17.6. The number of anilines is 1. The van der Waals surface area contributed by atoms with E-state index in [4.69, 9.17) is 4.74 Å². The molecule has 0 aliphatic carbocycles. The summed E-state index contributed by atoms with van der Waals surface area (Å²) in [5, 5.41) is 14.2. The van der Waals surface area contributed by atoms with Gasteiger partial charge in [-0.2, -0.15) is 0 Å². The Bertz CT molecular complexity index is 1450. The molecule has 4 aromatic carbocycles. The second-order valence-corrected chi connectivity index (χ2v) is 9.50. The highest BCUT2D eigenvalue weighted by atomic mass is 32.2. The Labute approximate surface area is 190 Å². The Balaban J connectivity index is 1.44. The monoisotopic (exact) mass is 465 g/mol. The molecule has 0 unspecified atom stereocenters. The second kappa shape index (κ2) is 8.91. The Kier molecular flexibility index (Phi) is 6.02. The summed E-state index contributed by atoms with van der Waals surface area (Å²) in [4.78, 5) is 12.0. The second-order valence-electron chi connectivity index (χ2n) is 7.52. The molecule has 0 bridgehead atoms. The first-order valence-corrected chi connectivity index (χ1v) is 11.8. The molecule has 0 radical (unpaired) electrons. The molecule has 4 aromatic rings. The number of halogens is 1. The van der Waals surface area contributed by atoms with E-state index in [2.05, 4.69) is 5.32 Å². The topological polar surface area (TPSA) is 92.7 Å². The molecule has 0 aliphatic heterocycles. The molecule has 6 nitrogen and oxygen atoms in total. The Hall–Kier alpha value is -3.91. The fraction of sp³-hybridized carbons (Fsp3) is 0.0800. The maximum Gasteiger partial charge on any atom is 0.255 e. The highest BCUT2D eigenvalue weighted by Crippen LogP contribution is 2.29. The molecule has 0 atom stereocenters. The van der Waals surface area contributed by atoms with E-state index in [0.29, 0.717) is 12.7 Å². The van der Waals surface area contributed by atoms with Gasteiger partial charge >= 0.3 is 0 Å². The highest BCUT2D eigenvalue weighted by molar-refractivity contribution is 7.90. The van der Waals surface area contributed by atoms with Crippen LogP contribution in [0.3, 0.4) is 0 Å². The Morgan fingerprint density at radius 1 is 0.970 bits per heavy atom. The third kappa shape index (κ3) is 5.12. The Morgan fingerprint density at radius 2 is 1.67 bits per heavy atom. The van der Waals surface area contributed by atoms with E-state index in [1.807, 2.05) is 42.5 Å². The van der Waals surface area contributed by atoms with Crippen LogP contribution < -0.4 is 10.1 Å². The summed E-state index contributed by atoms with van der Waals surface area (Å²) in [6, 6.07) is 21.9. The molecule has 0 aromatic heterocycles. The largest absolute Gasteiger partial charge is 0.506 e. The van der Waals surface area contributed by atoms with Crippen LogP contribution in [0.25, 0.3) is 10.8 Å². The summed E-state index contributed by atoms with van der Waals surface area (Å²) in [5.41, 5.74) is 0.731. The van der Waals surface area contributed by atoms with Crippen LogP contribution in [0.1, 0.15) is 15.9 Å². The SMILES string of the molecule is CS(=O)(=O)c1cc(NC(=O)c2ccc(COc3ccc4ccccc4c3)cc2)c(F)cc1O. The molecule has 33 heavy (non-hydrogen) atoms. The summed E-state index contributed by atoms with van der Waals surface area (Å²) >= 11 is 0. The lowest BCUT2D eigenvalue weighted by molar-refractivity contribution is 0.102. The number of carbonyl (C=O) groups excluding carboxylic acids is 1. The minimum absolute atomic E-state index is 0.248. The maximum absolute atomic E-state index is 14.1. The molecule has 168 valence electrons. The molecule has 0 heterocycles. The van der Waals surface area contributed by atoms with E-state index in [1.165, 1.54) is 0 Å². The van der Waals surface area contributed by atoms with Crippen molar-refractivity contribution >= 4 is 32.2 Å². The van der Waals surface area contributed by atoms with Gasteiger partial charge in [-0.05, 0) is 46.7 Å². The van der Waals surface area contributed by atoms with Gasteiger partial charge in [0.05, 0.1) is 5.69 Å². The number of rotatable bonds is 6. The fourth-order valence-corrected chi connectivity index (χ4v) is 4.08. The zero-order valence-corrected chi connectivity index (χ0v) is 18.4. The van der Waals surface area contributed by atoms with Gasteiger partial charge in [-0.3, -0.25) is 4.79 Å². The van der Waals surface area contributed by atoms with Gasteiger partial charge in [-0.15, -0.1) is 0 Å². The zero-order chi connectivity index (χ0) is 23.6. The van der Waals surface area contributed by atoms with Gasteiger partial charge in [0.15, 0.2) is 9.84 Å². The van der Waals surface area contributed by atoms with Gasteiger partial charge in [0.2, 0.25) is 0 Å². The standard InChI is InChI=1S/C25H20FNO5S/c1-33(30,31)24-14-22(21(26)13-23(24)28)27-25(29)18-8-6-16(7-9-18)15-32-20-11-10-17-4-2-3-5-19(17)12-20/h2-14,28H,15H2,1H3,(H,27,29). The third-order valence-electron chi connectivity index (χ3n) is 5.04. The highest BCUT2D eigenvalue weighted by Gasteiger charge is 2.19. The number of ether oxygens (including phenoxy) is 1. The first-order valence-electron chi connectivity index (χ1n) is 9.95.